The average Bonchev–Trinajstić information content (AvgIpc) is 2.86. The van der Waals surface area contributed by atoms with Gasteiger partial charge in [0.15, 0.2) is 0 Å². The van der Waals surface area contributed by atoms with Crippen molar-refractivity contribution in [2.24, 2.45) is 0 Å². The van der Waals surface area contributed by atoms with Crippen molar-refractivity contribution < 1.29 is 14.3 Å². The molecule has 3 amide bonds. The summed E-state index contributed by atoms with van der Waals surface area (Å²) in [4.78, 5) is 25.2. The molecule has 0 aliphatic heterocycles. The fourth-order valence-corrected chi connectivity index (χ4v) is 5.01. The molecule has 0 aromatic heterocycles. The summed E-state index contributed by atoms with van der Waals surface area (Å²) in [6, 6.07) is 33.6. The van der Waals surface area contributed by atoms with E-state index in [0.717, 1.165) is 16.2 Å². The molecule has 7 heteroatoms. The van der Waals surface area contributed by atoms with Gasteiger partial charge in [-0.1, -0.05) is 84.9 Å². The highest BCUT2D eigenvalue weighted by Gasteiger charge is 2.17. The molecule has 3 N–H and O–H groups in total. The van der Waals surface area contributed by atoms with Gasteiger partial charge in [0.2, 0.25) is 0 Å². The Morgan fingerprint density at radius 1 is 0.706 bits per heavy atom. The number of urea groups is 1. The zero-order valence-electron chi connectivity index (χ0n) is 18.6. The highest BCUT2D eigenvalue weighted by molar-refractivity contribution is 7.71. The van der Waals surface area contributed by atoms with E-state index >= 15 is 0 Å². The first-order valence-corrected chi connectivity index (χ1v) is 12.0. The Balaban J connectivity index is 1.45. The third-order valence-corrected chi connectivity index (χ3v) is 6.98. The summed E-state index contributed by atoms with van der Waals surface area (Å²) in [5.74, 6) is 0.446. The molecule has 0 spiro atoms. The molecule has 4 rings (SSSR count). The van der Waals surface area contributed by atoms with Gasteiger partial charge in [0, 0.05) is 22.0 Å². The molecule has 0 radical (unpaired) electrons. The van der Waals surface area contributed by atoms with Crippen molar-refractivity contribution >= 4 is 42.2 Å². The van der Waals surface area contributed by atoms with E-state index < -0.39 is 14.2 Å². The van der Waals surface area contributed by atoms with Crippen LogP contribution in [-0.4, -0.2) is 12.1 Å². The number of hydrogen-bond donors (Lipinski definition) is 3. The molecule has 170 valence electrons. The second kappa shape index (κ2) is 11.1. The molecule has 4 aromatic rings. The Kier molecular flexibility index (Phi) is 7.53. The normalized spacial score (nSPS) is 10.4. The van der Waals surface area contributed by atoms with Crippen molar-refractivity contribution in [2.75, 3.05) is 10.6 Å². The number of carbonyl (C=O) groups excluding carboxylic acids is 2. The highest BCUT2D eigenvalue weighted by Crippen LogP contribution is 2.29. The summed E-state index contributed by atoms with van der Waals surface area (Å²) in [5, 5.41) is 10.8. The zero-order valence-corrected chi connectivity index (χ0v) is 19.5. The van der Waals surface area contributed by atoms with Crippen LogP contribution in [0.1, 0.15) is 5.56 Å². The number of carbonyl (C=O) groups is 2. The van der Waals surface area contributed by atoms with Crippen LogP contribution in [0.5, 0.6) is 5.75 Å². The number of ether oxygens (including phenoxy) is 1. The first-order chi connectivity index (χ1) is 16.6. The molecule has 0 aliphatic rings. The number of benzene rings is 4. The van der Waals surface area contributed by atoms with Gasteiger partial charge in [-0.25, -0.2) is 9.59 Å². The Morgan fingerprint density at radius 2 is 1.26 bits per heavy atom. The zero-order chi connectivity index (χ0) is 23.8. The van der Waals surface area contributed by atoms with E-state index in [4.69, 9.17) is 4.74 Å². The maximum absolute atomic E-state index is 12.9. The van der Waals surface area contributed by atoms with Crippen LogP contribution in [0.4, 0.5) is 21.0 Å². The summed E-state index contributed by atoms with van der Waals surface area (Å²) < 4.78 is 5.30. The Hall–Kier alpha value is -4.15. The molecule has 0 heterocycles. The number of nitrogens with one attached hydrogen (secondary N) is 3. The number of anilines is 2. The van der Waals surface area contributed by atoms with Crippen LogP contribution in [0, 0.1) is 6.92 Å². The predicted molar refractivity (Wildman–Crippen MR) is 138 cm³/mol. The van der Waals surface area contributed by atoms with Crippen molar-refractivity contribution in [3.8, 4) is 5.75 Å². The van der Waals surface area contributed by atoms with Gasteiger partial charge in [-0.05, 0) is 36.8 Å². The molecule has 0 aliphatic carbocycles. The van der Waals surface area contributed by atoms with E-state index in [0.29, 0.717) is 17.1 Å². The lowest BCUT2D eigenvalue weighted by atomic mass is 10.2. The van der Waals surface area contributed by atoms with Crippen molar-refractivity contribution in [3.05, 3.63) is 115 Å². The lowest BCUT2D eigenvalue weighted by Crippen LogP contribution is -2.31. The van der Waals surface area contributed by atoms with Gasteiger partial charge in [0.05, 0.1) is 8.07 Å². The van der Waals surface area contributed by atoms with Gasteiger partial charge in [-0.15, -0.1) is 0 Å². The van der Waals surface area contributed by atoms with Crippen LogP contribution in [-0.2, 0) is 0 Å². The lowest BCUT2D eigenvalue weighted by Gasteiger charge is -2.20. The van der Waals surface area contributed by atoms with Crippen molar-refractivity contribution in [1.29, 1.82) is 0 Å². The second-order valence-corrected chi connectivity index (χ2v) is 9.36. The van der Waals surface area contributed by atoms with E-state index in [1.807, 2.05) is 79.7 Å². The molecular weight excluding hydrogens is 445 g/mol. The molecule has 0 saturated carbocycles. The van der Waals surface area contributed by atoms with E-state index in [9.17, 15) is 9.59 Å². The van der Waals surface area contributed by atoms with Gasteiger partial charge in [-0.3, -0.25) is 5.32 Å². The summed E-state index contributed by atoms with van der Waals surface area (Å²) in [5.41, 5.74) is 1.94. The number of para-hydroxylation sites is 1. The maximum atomic E-state index is 12.9. The smallest absolute Gasteiger partial charge is 0.410 e. The number of amides is 3. The molecule has 34 heavy (non-hydrogen) atoms. The van der Waals surface area contributed by atoms with E-state index in [-0.39, 0.29) is 6.03 Å². The summed E-state index contributed by atoms with van der Waals surface area (Å²) in [7, 11) is -1.09. The number of hydrogen-bond acceptors (Lipinski definition) is 3. The Bertz CT molecular complexity index is 1210. The second-order valence-electron chi connectivity index (χ2n) is 7.43. The van der Waals surface area contributed by atoms with Gasteiger partial charge < -0.3 is 15.1 Å². The van der Waals surface area contributed by atoms with Gasteiger partial charge in [-0.2, -0.15) is 0 Å². The molecule has 0 unspecified atom stereocenters. The molecule has 0 atom stereocenters. The maximum Gasteiger partial charge on any atom is 0.417 e. The molecule has 0 bridgehead atoms. The molecule has 6 nitrogen and oxygen atoms in total. The SMILES string of the molecule is Cc1ccc(NC(=O)NP(c2ccccc2)c2ccccc2)cc1NC(=O)Oc1ccccc1. The minimum absolute atomic E-state index is 0.333. The first-order valence-electron chi connectivity index (χ1n) is 10.7. The Morgan fingerprint density at radius 3 is 1.85 bits per heavy atom. The third kappa shape index (κ3) is 6.21. The fraction of sp³-hybridized carbons (Fsp3) is 0.0370. The fourth-order valence-electron chi connectivity index (χ4n) is 3.26. The van der Waals surface area contributed by atoms with Crippen LogP contribution in [0.25, 0.3) is 0 Å². The minimum Gasteiger partial charge on any atom is -0.410 e. The van der Waals surface area contributed by atoms with Crippen LogP contribution < -0.4 is 31.1 Å². The van der Waals surface area contributed by atoms with Crippen molar-refractivity contribution in [3.63, 3.8) is 0 Å². The standard InChI is InChI=1S/C27H24N3O3P/c1-20-17-18-21(19-25(20)29-27(32)33-22-11-5-2-6-12-22)28-26(31)30-34(23-13-7-3-8-14-23)24-15-9-4-10-16-24/h2-19H,1H3,(H,29,32)(H2,28,30,31). The number of rotatable bonds is 6. The monoisotopic (exact) mass is 469 g/mol. The molecule has 4 aromatic carbocycles. The molecule has 0 fully saturated rings. The Labute approximate surface area is 199 Å². The van der Waals surface area contributed by atoms with Gasteiger partial charge in [0.1, 0.15) is 5.75 Å². The molecule has 0 saturated heterocycles. The van der Waals surface area contributed by atoms with Crippen LogP contribution in [0.15, 0.2) is 109 Å². The van der Waals surface area contributed by atoms with Crippen LogP contribution >= 0.6 is 8.07 Å². The van der Waals surface area contributed by atoms with Crippen molar-refractivity contribution in [2.45, 2.75) is 6.92 Å². The van der Waals surface area contributed by atoms with Gasteiger partial charge in [0.25, 0.3) is 0 Å². The van der Waals surface area contributed by atoms with E-state index in [1.165, 1.54) is 0 Å². The molecular formula is C27H24N3O3P. The van der Waals surface area contributed by atoms with Crippen molar-refractivity contribution in [1.82, 2.24) is 5.09 Å². The third-order valence-electron chi connectivity index (χ3n) is 4.93. The highest BCUT2D eigenvalue weighted by atomic mass is 31.1. The van der Waals surface area contributed by atoms with Crippen LogP contribution in [0.2, 0.25) is 0 Å². The van der Waals surface area contributed by atoms with Gasteiger partial charge >= 0.3 is 12.1 Å². The summed E-state index contributed by atoms with van der Waals surface area (Å²) in [6.07, 6.45) is -0.604. The van der Waals surface area contributed by atoms with E-state index in [2.05, 4.69) is 15.7 Å². The topological polar surface area (TPSA) is 79.5 Å². The lowest BCUT2D eigenvalue weighted by molar-refractivity contribution is 0.215. The van der Waals surface area contributed by atoms with Crippen LogP contribution in [0.3, 0.4) is 0 Å². The predicted octanol–water partition coefficient (Wildman–Crippen LogP) is 5.78. The quantitative estimate of drug-likeness (QED) is 0.314. The minimum atomic E-state index is -1.09. The first kappa shape index (κ1) is 23.0. The number of aryl methyl sites for hydroxylation is 1. The summed E-state index contributed by atoms with van der Waals surface area (Å²) >= 11 is 0. The average molecular weight is 469 g/mol. The summed E-state index contributed by atoms with van der Waals surface area (Å²) in [6.45, 7) is 1.87. The van der Waals surface area contributed by atoms with E-state index in [1.54, 1.807) is 36.4 Å². The largest absolute Gasteiger partial charge is 0.417 e.